The molecule has 1 aromatic carbocycles. The van der Waals surface area contributed by atoms with Gasteiger partial charge in [0.05, 0.1) is 11.1 Å². The Morgan fingerprint density at radius 1 is 1.15 bits per heavy atom. The highest BCUT2D eigenvalue weighted by Gasteiger charge is 2.18. The molecule has 0 aliphatic rings. The van der Waals surface area contributed by atoms with E-state index in [0.717, 1.165) is 16.9 Å². The number of benzene rings is 1. The molecule has 3 aromatic heterocycles. The van der Waals surface area contributed by atoms with Gasteiger partial charge in [0.15, 0.2) is 5.13 Å². The molecule has 0 aliphatic carbocycles. The van der Waals surface area contributed by atoms with Crippen molar-refractivity contribution in [3.05, 3.63) is 67.4 Å². The lowest BCUT2D eigenvalue weighted by atomic mass is 9.95. The van der Waals surface area contributed by atoms with Crippen molar-refractivity contribution in [3.63, 3.8) is 0 Å². The van der Waals surface area contributed by atoms with Crippen LogP contribution in [0.15, 0.2) is 39.9 Å². The molecular weight excluding hydrogens is 365 g/mol. The minimum absolute atomic E-state index is 0.209. The Balaban J connectivity index is 2.10. The first-order chi connectivity index (χ1) is 12.9. The molecule has 0 saturated carbocycles. The van der Waals surface area contributed by atoms with E-state index >= 15 is 0 Å². The molecular formula is C20H18FN3O2S. The maximum atomic E-state index is 13.9. The summed E-state index contributed by atoms with van der Waals surface area (Å²) >= 11 is 0.782. The molecule has 0 amide bonds. The summed E-state index contributed by atoms with van der Waals surface area (Å²) in [5.74, 6) is 0.209. The first kappa shape index (κ1) is 17.6. The Bertz CT molecular complexity index is 1290. The highest BCUT2D eigenvalue weighted by Crippen LogP contribution is 2.34. The number of hydrogen-bond acceptors (Lipinski definition) is 4. The summed E-state index contributed by atoms with van der Waals surface area (Å²) in [6, 6.07) is 8.93. The third kappa shape index (κ3) is 2.79. The van der Waals surface area contributed by atoms with Gasteiger partial charge in [-0.05, 0) is 36.6 Å². The molecule has 0 radical (unpaired) electrons. The van der Waals surface area contributed by atoms with Gasteiger partial charge in [-0.25, -0.2) is 0 Å². The van der Waals surface area contributed by atoms with Gasteiger partial charge in [0.1, 0.15) is 4.70 Å². The van der Waals surface area contributed by atoms with Crippen molar-refractivity contribution < 1.29 is 4.39 Å². The molecule has 0 bridgehead atoms. The molecule has 0 saturated heterocycles. The lowest BCUT2D eigenvalue weighted by Crippen LogP contribution is -2.15. The van der Waals surface area contributed by atoms with Crippen LogP contribution >= 0.6 is 11.3 Å². The number of aryl methyl sites for hydroxylation is 1. The highest BCUT2D eigenvalue weighted by molar-refractivity contribution is 7.17. The third-order valence-electron chi connectivity index (χ3n) is 4.94. The fourth-order valence-electron chi connectivity index (χ4n) is 3.42. The molecule has 0 aliphatic heterocycles. The van der Waals surface area contributed by atoms with Crippen LogP contribution in [-0.4, -0.2) is 16.5 Å². The predicted molar refractivity (Wildman–Crippen MR) is 108 cm³/mol. The molecule has 4 N–H and O–H groups in total. The van der Waals surface area contributed by atoms with E-state index in [1.807, 2.05) is 31.2 Å². The van der Waals surface area contributed by atoms with E-state index in [1.54, 1.807) is 6.92 Å². The van der Waals surface area contributed by atoms with E-state index in [2.05, 4.69) is 9.97 Å². The zero-order valence-corrected chi connectivity index (χ0v) is 15.7. The zero-order valence-electron chi connectivity index (χ0n) is 14.9. The van der Waals surface area contributed by atoms with Gasteiger partial charge in [0.25, 0.3) is 11.1 Å². The largest absolute Gasteiger partial charge is 0.330 e. The smallest absolute Gasteiger partial charge is 0.266 e. The quantitative estimate of drug-likeness (QED) is 0.505. The number of H-pyrrole nitrogens is 2. The average molecular weight is 383 g/mol. The number of rotatable bonds is 3. The van der Waals surface area contributed by atoms with E-state index in [9.17, 15) is 14.0 Å². The van der Waals surface area contributed by atoms with Gasteiger partial charge in [0.2, 0.25) is 0 Å². The first-order valence-corrected chi connectivity index (χ1v) is 9.40. The van der Waals surface area contributed by atoms with Crippen molar-refractivity contribution >= 4 is 32.3 Å². The van der Waals surface area contributed by atoms with E-state index < -0.39 is 5.13 Å². The third-order valence-corrected chi connectivity index (χ3v) is 5.86. The van der Waals surface area contributed by atoms with Crippen molar-refractivity contribution in [3.8, 4) is 11.1 Å². The molecule has 7 heteroatoms. The number of pyridine rings is 2. The van der Waals surface area contributed by atoms with Crippen LogP contribution in [0.4, 0.5) is 4.39 Å². The minimum Gasteiger partial charge on any atom is -0.330 e. The number of nitrogens with one attached hydrogen (secondary N) is 2. The molecule has 0 spiro atoms. The molecule has 5 nitrogen and oxygen atoms in total. The second-order valence-corrected chi connectivity index (χ2v) is 7.71. The summed E-state index contributed by atoms with van der Waals surface area (Å²) < 4.78 is 14.2. The summed E-state index contributed by atoms with van der Waals surface area (Å²) in [5.41, 5.74) is 8.34. The van der Waals surface area contributed by atoms with Crippen molar-refractivity contribution in [1.29, 1.82) is 0 Å². The van der Waals surface area contributed by atoms with Gasteiger partial charge in [-0.1, -0.05) is 31.2 Å². The first-order valence-electron chi connectivity index (χ1n) is 8.59. The van der Waals surface area contributed by atoms with E-state index in [4.69, 9.17) is 5.73 Å². The van der Waals surface area contributed by atoms with E-state index in [-0.39, 0.29) is 21.7 Å². The zero-order chi connectivity index (χ0) is 19.3. The van der Waals surface area contributed by atoms with E-state index in [1.165, 1.54) is 6.07 Å². The second kappa shape index (κ2) is 6.44. The molecule has 0 fully saturated rings. The molecule has 1 atom stereocenters. The van der Waals surface area contributed by atoms with Crippen LogP contribution in [0.5, 0.6) is 0 Å². The average Bonchev–Trinajstić information content (AvgIpc) is 3.05. The van der Waals surface area contributed by atoms with Crippen LogP contribution in [0, 0.1) is 12.1 Å². The number of fused-ring (bicyclic) bond motifs is 3. The Labute approximate surface area is 157 Å². The predicted octanol–water partition coefficient (Wildman–Crippen LogP) is 3.61. The summed E-state index contributed by atoms with van der Waals surface area (Å²) in [5, 5.41) is 0.560. The van der Waals surface area contributed by atoms with Gasteiger partial charge in [-0.15, -0.1) is 11.3 Å². The van der Waals surface area contributed by atoms with Crippen molar-refractivity contribution in [1.82, 2.24) is 9.97 Å². The van der Waals surface area contributed by atoms with Crippen molar-refractivity contribution in [2.75, 3.05) is 6.54 Å². The SMILES string of the molecule is Cc1[nH]c(=O)c(-c2ccc(C(C)CN)cc2)c2c1[nH]c(=O)c1sc(F)cc12. The number of hydrogen-bond donors (Lipinski definition) is 3. The summed E-state index contributed by atoms with van der Waals surface area (Å²) in [6.45, 7) is 4.28. The number of nitrogens with two attached hydrogens (primary N) is 1. The van der Waals surface area contributed by atoms with Gasteiger partial charge >= 0.3 is 0 Å². The lowest BCUT2D eigenvalue weighted by molar-refractivity contribution is 0.658. The standard InChI is InChI=1S/C20H18FN3O2S/c1-9(8-22)11-3-5-12(6-4-11)15-16-13-7-14(21)27-18(13)20(26)24-17(16)10(2)23-19(15)25/h3-7,9H,8,22H2,1-2H3,(H,23,25)(H,24,26). The van der Waals surface area contributed by atoms with Crippen LogP contribution in [0.3, 0.4) is 0 Å². The van der Waals surface area contributed by atoms with E-state index in [0.29, 0.717) is 39.7 Å². The fourth-order valence-corrected chi connectivity index (χ4v) is 4.21. The maximum absolute atomic E-state index is 13.9. The molecule has 138 valence electrons. The van der Waals surface area contributed by atoms with Crippen LogP contribution in [0.1, 0.15) is 24.1 Å². The lowest BCUT2D eigenvalue weighted by Gasteiger charge is -2.12. The monoisotopic (exact) mass is 383 g/mol. The van der Waals surface area contributed by atoms with Gasteiger partial charge < -0.3 is 15.7 Å². The van der Waals surface area contributed by atoms with Gasteiger partial charge in [0, 0.05) is 16.5 Å². The number of thiophene rings is 1. The minimum atomic E-state index is -0.459. The normalized spacial score (nSPS) is 12.7. The van der Waals surface area contributed by atoms with Crippen LogP contribution in [-0.2, 0) is 0 Å². The second-order valence-electron chi connectivity index (χ2n) is 6.71. The van der Waals surface area contributed by atoms with Crippen molar-refractivity contribution in [2.24, 2.45) is 5.73 Å². The summed E-state index contributed by atoms with van der Waals surface area (Å²) in [6.07, 6.45) is 0. The molecule has 4 rings (SSSR count). The molecule has 4 aromatic rings. The number of aromatic nitrogens is 2. The fraction of sp³-hybridized carbons (Fsp3) is 0.200. The van der Waals surface area contributed by atoms with Crippen LogP contribution in [0.25, 0.3) is 32.1 Å². The molecule has 3 heterocycles. The molecule has 1 unspecified atom stereocenters. The maximum Gasteiger partial charge on any atom is 0.266 e. The summed E-state index contributed by atoms with van der Waals surface area (Å²) in [4.78, 5) is 30.7. The Morgan fingerprint density at radius 3 is 2.52 bits per heavy atom. The Morgan fingerprint density at radius 2 is 1.85 bits per heavy atom. The van der Waals surface area contributed by atoms with Gasteiger partial charge in [-0.3, -0.25) is 9.59 Å². The highest BCUT2D eigenvalue weighted by atomic mass is 32.1. The Kier molecular flexibility index (Phi) is 4.20. The molecule has 27 heavy (non-hydrogen) atoms. The number of halogens is 1. The number of aromatic amines is 2. The van der Waals surface area contributed by atoms with Gasteiger partial charge in [-0.2, -0.15) is 4.39 Å². The topological polar surface area (TPSA) is 91.7 Å². The van der Waals surface area contributed by atoms with Crippen LogP contribution in [0.2, 0.25) is 0 Å². The summed E-state index contributed by atoms with van der Waals surface area (Å²) in [7, 11) is 0. The Hall–Kier alpha value is -2.77. The van der Waals surface area contributed by atoms with Crippen molar-refractivity contribution in [2.45, 2.75) is 19.8 Å². The van der Waals surface area contributed by atoms with Crippen LogP contribution < -0.4 is 16.9 Å².